The van der Waals surface area contributed by atoms with Crippen LogP contribution in [0.3, 0.4) is 0 Å². The van der Waals surface area contributed by atoms with Crippen LogP contribution >= 0.6 is 0 Å². The van der Waals surface area contributed by atoms with Crippen molar-refractivity contribution < 1.29 is 49.0 Å². The number of carbonyl (C=O) groups is 2. The molecule has 3 aromatic rings. The molecule has 1 aromatic heterocycles. The van der Waals surface area contributed by atoms with E-state index in [1.807, 2.05) is 30.3 Å². The van der Waals surface area contributed by atoms with Gasteiger partial charge < -0.3 is 24.9 Å². The van der Waals surface area contributed by atoms with Crippen molar-refractivity contribution in [2.75, 3.05) is 6.61 Å². The van der Waals surface area contributed by atoms with Crippen molar-refractivity contribution in [1.29, 1.82) is 0 Å². The molecule has 7 heteroatoms. The maximum Gasteiger partial charge on any atom is 1.00 e. The third kappa shape index (κ3) is 4.41. The summed E-state index contributed by atoms with van der Waals surface area (Å²) in [6.45, 7) is 0.112. The van der Waals surface area contributed by atoms with Gasteiger partial charge in [-0.15, -0.1) is 0 Å². The van der Waals surface area contributed by atoms with Gasteiger partial charge in [-0.2, -0.15) is 0 Å². The normalized spacial score (nSPS) is 15.7. The molecule has 0 spiro atoms. The summed E-state index contributed by atoms with van der Waals surface area (Å²) < 4.78 is 7.77. The second-order valence-electron chi connectivity index (χ2n) is 7.44. The first kappa shape index (κ1) is 22.4. The summed E-state index contributed by atoms with van der Waals surface area (Å²) in [6.07, 6.45) is 3.40. The molecule has 0 radical (unpaired) electrons. The summed E-state index contributed by atoms with van der Waals surface area (Å²) in [4.78, 5) is 23.3. The van der Waals surface area contributed by atoms with Gasteiger partial charge in [0.05, 0.1) is 17.4 Å². The Hall–Kier alpha value is -2.28. The van der Waals surface area contributed by atoms with Crippen molar-refractivity contribution in [3.8, 4) is 5.75 Å². The van der Waals surface area contributed by atoms with Gasteiger partial charge in [-0.05, 0) is 42.5 Å². The molecule has 1 unspecified atom stereocenters. The second kappa shape index (κ2) is 9.69. The second-order valence-corrected chi connectivity index (χ2v) is 7.44. The van der Waals surface area contributed by atoms with E-state index in [1.54, 1.807) is 6.07 Å². The molecule has 1 amide bonds. The molecular weight excluding hydrogens is 391 g/mol. The van der Waals surface area contributed by atoms with Crippen LogP contribution in [0, 0.1) is 0 Å². The molecule has 1 atom stereocenters. The van der Waals surface area contributed by atoms with Crippen LogP contribution in [0.5, 0.6) is 5.75 Å². The number of nitrogens with two attached hydrogens (primary N) is 1. The average molecular weight is 414 g/mol. The summed E-state index contributed by atoms with van der Waals surface area (Å²) in [7, 11) is 0. The summed E-state index contributed by atoms with van der Waals surface area (Å²) in [5.41, 5.74) is 9.81. The molecule has 4 rings (SSSR count). The van der Waals surface area contributed by atoms with Crippen LogP contribution in [-0.4, -0.2) is 23.1 Å². The number of nitrogens with zero attached hydrogens (tertiary/aromatic N) is 1. The molecule has 2 N–H and O–H groups in total. The van der Waals surface area contributed by atoms with Crippen LogP contribution in [-0.2, 0) is 22.6 Å². The fraction of sp³-hybridized carbons (Fsp3) is 0.304. The molecule has 1 aliphatic rings. The first-order valence-corrected chi connectivity index (χ1v) is 9.86. The predicted molar refractivity (Wildman–Crippen MR) is 107 cm³/mol. The molecule has 2 aromatic carbocycles. The van der Waals surface area contributed by atoms with Crippen LogP contribution in [0.1, 0.15) is 42.0 Å². The molecule has 1 aliphatic carbocycles. The van der Waals surface area contributed by atoms with E-state index in [4.69, 9.17) is 10.5 Å². The number of carboxylic acid groups (broad SMARTS) is 1. The Balaban J connectivity index is 0.00000256. The molecule has 0 saturated heterocycles. The van der Waals surface area contributed by atoms with Crippen LogP contribution < -0.4 is 45.1 Å². The zero-order valence-corrected chi connectivity index (χ0v) is 19.1. The van der Waals surface area contributed by atoms with Gasteiger partial charge in [0.1, 0.15) is 12.4 Å². The van der Waals surface area contributed by atoms with Crippen molar-refractivity contribution in [3.63, 3.8) is 0 Å². The fourth-order valence-corrected chi connectivity index (χ4v) is 4.37. The topological polar surface area (TPSA) is 97.4 Å². The fourth-order valence-electron chi connectivity index (χ4n) is 4.37. The zero-order chi connectivity index (χ0) is 20.4. The van der Waals surface area contributed by atoms with Gasteiger partial charge in [-0.25, -0.2) is 0 Å². The van der Waals surface area contributed by atoms with Crippen molar-refractivity contribution >= 4 is 22.8 Å². The van der Waals surface area contributed by atoms with Gasteiger partial charge in [0.25, 0.3) is 0 Å². The Kier molecular flexibility index (Phi) is 7.23. The summed E-state index contributed by atoms with van der Waals surface area (Å²) in [5, 5.41) is 11.7. The minimum atomic E-state index is -1.29. The minimum Gasteiger partial charge on any atom is -0.546 e. The van der Waals surface area contributed by atoms with E-state index in [-0.39, 0.29) is 35.5 Å². The Morgan fingerprint density at radius 1 is 1.10 bits per heavy atom. The van der Waals surface area contributed by atoms with Crippen molar-refractivity contribution in [1.82, 2.24) is 4.57 Å². The minimum absolute atomic E-state index is 0. The Morgan fingerprint density at radius 2 is 1.87 bits per heavy atom. The first-order chi connectivity index (χ1) is 14.1. The van der Waals surface area contributed by atoms with E-state index < -0.39 is 18.5 Å². The van der Waals surface area contributed by atoms with Crippen molar-refractivity contribution in [2.45, 2.75) is 38.1 Å². The molecule has 150 valence electrons. The van der Waals surface area contributed by atoms with Gasteiger partial charge in [0.15, 0.2) is 0 Å². The maximum atomic E-state index is 12.3. The van der Waals surface area contributed by atoms with Crippen molar-refractivity contribution in [2.24, 2.45) is 5.73 Å². The van der Waals surface area contributed by atoms with E-state index in [2.05, 4.69) is 16.7 Å². The quantitative estimate of drug-likeness (QED) is 0.418. The number of rotatable bonds is 6. The number of amides is 1. The van der Waals surface area contributed by atoms with Crippen LogP contribution in [0.2, 0.25) is 0 Å². The molecule has 6 nitrogen and oxygen atoms in total. The molecule has 30 heavy (non-hydrogen) atoms. The monoisotopic (exact) mass is 414 g/mol. The van der Waals surface area contributed by atoms with Gasteiger partial charge in [0.2, 0.25) is 5.91 Å². The number of hydrogen-bond donors (Lipinski definition) is 1. The summed E-state index contributed by atoms with van der Waals surface area (Å²) in [5.74, 6) is -1.62. The van der Waals surface area contributed by atoms with Crippen LogP contribution in [0.15, 0.2) is 48.5 Å². The Bertz CT molecular complexity index is 1060. The number of hydrogen-bond acceptors (Lipinski definition) is 4. The molecule has 1 heterocycles. The molecule has 0 bridgehead atoms. The SMILES string of the molecule is NC(=O)C1CCCCc2c1c1c(OCC(=O)[O-])cccc1n2Cc1ccccc1.[Na+]. The standard InChI is InChI=1S/C23H24N2O4.Na/c24-23(28)16-9-4-5-10-17-21(16)22-18(11-6-12-19(22)29-14-20(26)27)25(17)13-15-7-2-1-3-8-15;/h1-3,6-8,11-12,16H,4-5,9-10,13-14H2,(H2,24,28)(H,26,27);/q;+1/p-1. The third-order valence-corrected chi connectivity index (χ3v) is 5.58. The largest absolute Gasteiger partial charge is 1.00 e. The number of benzene rings is 2. The Morgan fingerprint density at radius 3 is 2.57 bits per heavy atom. The molecular formula is C23H23N2NaO4. The number of primary amides is 1. The van der Waals surface area contributed by atoms with E-state index in [1.165, 1.54) is 0 Å². The predicted octanol–water partition coefficient (Wildman–Crippen LogP) is -0.882. The van der Waals surface area contributed by atoms with E-state index in [0.717, 1.165) is 47.0 Å². The molecule has 0 fully saturated rings. The summed E-state index contributed by atoms with van der Waals surface area (Å²) >= 11 is 0. The average Bonchev–Trinajstić information content (AvgIpc) is 2.87. The van der Waals surface area contributed by atoms with Gasteiger partial charge in [-0.3, -0.25) is 4.79 Å². The molecule has 0 aliphatic heterocycles. The number of aliphatic carboxylic acids is 1. The number of fused-ring (bicyclic) bond motifs is 3. The van der Waals surface area contributed by atoms with Crippen LogP contribution in [0.25, 0.3) is 10.9 Å². The van der Waals surface area contributed by atoms with E-state index >= 15 is 0 Å². The number of aromatic nitrogens is 1. The van der Waals surface area contributed by atoms with Gasteiger partial charge in [-0.1, -0.05) is 42.8 Å². The van der Waals surface area contributed by atoms with Crippen molar-refractivity contribution in [3.05, 3.63) is 65.4 Å². The third-order valence-electron chi connectivity index (χ3n) is 5.58. The van der Waals surface area contributed by atoms with Gasteiger partial charge >= 0.3 is 29.6 Å². The smallest absolute Gasteiger partial charge is 0.546 e. The zero-order valence-electron chi connectivity index (χ0n) is 17.1. The van der Waals surface area contributed by atoms with Gasteiger partial charge in [0, 0.05) is 17.6 Å². The van der Waals surface area contributed by atoms with E-state index in [0.29, 0.717) is 18.7 Å². The summed E-state index contributed by atoms with van der Waals surface area (Å²) in [6, 6.07) is 15.7. The first-order valence-electron chi connectivity index (χ1n) is 9.86. The maximum absolute atomic E-state index is 12.3. The van der Waals surface area contributed by atoms with E-state index in [9.17, 15) is 14.7 Å². The van der Waals surface area contributed by atoms with Crippen LogP contribution in [0.4, 0.5) is 0 Å². The number of carbonyl (C=O) groups excluding carboxylic acids is 2. The Labute approximate surface area is 197 Å². The number of ether oxygens (including phenoxy) is 1. The number of carboxylic acids is 1. The molecule has 0 saturated carbocycles.